The molecule has 35 heavy (non-hydrogen) atoms. The Morgan fingerprint density at radius 2 is 1.97 bits per heavy atom. The molecule has 12 nitrogen and oxygen atoms in total. The summed E-state index contributed by atoms with van der Waals surface area (Å²) >= 11 is 2.56. The largest absolute Gasteiger partial charge is 0.484 e. The van der Waals surface area contributed by atoms with E-state index < -0.39 is 35.2 Å². The minimum Gasteiger partial charge on any atom is -0.484 e. The van der Waals surface area contributed by atoms with Gasteiger partial charge in [-0.1, -0.05) is 30.0 Å². The monoisotopic (exact) mass is 519 g/mol. The number of thioether (sulfide) groups is 2. The van der Waals surface area contributed by atoms with Gasteiger partial charge in [0.15, 0.2) is 11.8 Å². The maximum absolute atomic E-state index is 12.8. The molecule has 2 atom stereocenters. The first kappa shape index (κ1) is 24.6. The predicted octanol–water partition coefficient (Wildman–Crippen LogP) is 0.352. The molecule has 3 N–H and O–H groups in total. The molecule has 1 aromatic heterocycles. The maximum atomic E-state index is 12.8. The molecule has 0 aliphatic carbocycles. The number of carboxylic acids is 2. The van der Waals surface area contributed by atoms with Gasteiger partial charge in [0, 0.05) is 18.6 Å². The van der Waals surface area contributed by atoms with Crippen LogP contribution in [-0.4, -0.2) is 83.2 Å². The normalized spacial score (nSPS) is 19.1. The van der Waals surface area contributed by atoms with Gasteiger partial charge < -0.3 is 24.8 Å². The van der Waals surface area contributed by atoms with Crippen LogP contribution in [0.4, 0.5) is 0 Å². The van der Waals surface area contributed by atoms with Crippen LogP contribution in [0.3, 0.4) is 0 Å². The fourth-order valence-corrected chi connectivity index (χ4v) is 6.00. The molecule has 2 aliphatic rings. The Labute approximate surface area is 207 Å². The number of amides is 2. The number of hydrogen-bond donors (Lipinski definition) is 3. The summed E-state index contributed by atoms with van der Waals surface area (Å²) in [7, 11) is 1.63. The van der Waals surface area contributed by atoms with Crippen LogP contribution >= 0.6 is 23.5 Å². The quantitative estimate of drug-likeness (QED) is 0.293. The molecule has 2 aliphatic heterocycles. The number of benzene rings is 1. The van der Waals surface area contributed by atoms with Gasteiger partial charge in [-0.2, -0.15) is 0 Å². The lowest BCUT2D eigenvalue weighted by Gasteiger charge is -2.49. The van der Waals surface area contributed by atoms with E-state index in [0.717, 1.165) is 0 Å². The summed E-state index contributed by atoms with van der Waals surface area (Å²) in [5.41, 5.74) is 0.419. The highest BCUT2D eigenvalue weighted by atomic mass is 32.2. The van der Waals surface area contributed by atoms with Crippen molar-refractivity contribution in [3.8, 4) is 5.75 Å². The second-order valence-corrected chi connectivity index (χ2v) is 9.68. The third-order valence-electron chi connectivity index (χ3n) is 5.29. The van der Waals surface area contributed by atoms with Crippen LogP contribution in [0.1, 0.15) is 5.82 Å². The average molecular weight is 520 g/mol. The molecular weight excluding hydrogens is 498 g/mol. The molecule has 0 saturated carbocycles. The number of ether oxygens (including phenoxy) is 1. The van der Waals surface area contributed by atoms with Crippen LogP contribution < -0.4 is 10.1 Å². The summed E-state index contributed by atoms with van der Waals surface area (Å²) < 4.78 is 6.93. The van der Waals surface area contributed by atoms with Crippen LogP contribution in [0, 0.1) is 0 Å². The Morgan fingerprint density at radius 1 is 1.23 bits per heavy atom. The first-order valence-electron chi connectivity index (χ1n) is 10.4. The molecule has 1 saturated heterocycles. The fourth-order valence-electron chi connectivity index (χ4n) is 3.59. The number of carbonyl (C=O) groups excluding carboxylic acids is 2. The summed E-state index contributed by atoms with van der Waals surface area (Å²) in [6.07, 6.45) is -0.281. The van der Waals surface area contributed by atoms with Crippen molar-refractivity contribution in [3.63, 3.8) is 0 Å². The second kappa shape index (κ2) is 10.4. The van der Waals surface area contributed by atoms with E-state index in [9.17, 15) is 24.3 Å². The minimum atomic E-state index is -1.24. The van der Waals surface area contributed by atoms with Gasteiger partial charge in [0.2, 0.25) is 0 Å². The lowest BCUT2D eigenvalue weighted by Crippen LogP contribution is -2.70. The summed E-state index contributed by atoms with van der Waals surface area (Å²) in [5, 5.41) is 29.1. The topological polar surface area (TPSA) is 164 Å². The van der Waals surface area contributed by atoms with E-state index in [-0.39, 0.29) is 30.3 Å². The number of nitrogens with one attached hydrogen (secondary N) is 1. The van der Waals surface area contributed by atoms with Gasteiger partial charge in [-0.3, -0.25) is 19.3 Å². The van der Waals surface area contributed by atoms with E-state index >= 15 is 0 Å². The predicted molar refractivity (Wildman–Crippen MR) is 125 cm³/mol. The average Bonchev–Trinajstić information content (AvgIpc) is 3.18. The SMILES string of the molecule is Cn1c(CC(=O)O)nnc1SCC1=C(C(=O)O)N2C(=O)C(NC(=O)COc3ccccc3)[C@H]2SC1. The number of rotatable bonds is 10. The highest BCUT2D eigenvalue weighted by Crippen LogP contribution is 2.41. The van der Waals surface area contributed by atoms with Crippen molar-refractivity contribution < 1.29 is 34.1 Å². The molecular formula is C21H21N5O7S2. The van der Waals surface area contributed by atoms with Crippen molar-refractivity contribution in [1.82, 2.24) is 25.0 Å². The molecule has 4 rings (SSSR count). The molecule has 2 aromatic rings. The van der Waals surface area contributed by atoms with E-state index in [1.54, 1.807) is 31.3 Å². The molecule has 0 bridgehead atoms. The lowest BCUT2D eigenvalue weighted by atomic mass is 10.0. The van der Waals surface area contributed by atoms with Gasteiger partial charge >= 0.3 is 11.9 Å². The zero-order valence-corrected chi connectivity index (χ0v) is 20.0. The molecule has 14 heteroatoms. The van der Waals surface area contributed by atoms with Crippen LogP contribution in [0.5, 0.6) is 5.75 Å². The molecule has 1 fully saturated rings. The number of aliphatic carboxylic acids is 2. The third-order valence-corrected chi connectivity index (χ3v) is 7.74. The van der Waals surface area contributed by atoms with Crippen molar-refractivity contribution in [2.45, 2.75) is 23.0 Å². The van der Waals surface area contributed by atoms with Crippen LogP contribution in [0.2, 0.25) is 0 Å². The van der Waals surface area contributed by atoms with E-state index in [2.05, 4.69) is 15.5 Å². The van der Waals surface area contributed by atoms with Crippen LogP contribution in [0.15, 0.2) is 46.8 Å². The lowest BCUT2D eigenvalue weighted by molar-refractivity contribution is -0.150. The second-order valence-electron chi connectivity index (χ2n) is 7.63. The van der Waals surface area contributed by atoms with E-state index in [1.165, 1.54) is 33.0 Å². The number of aromatic nitrogens is 3. The van der Waals surface area contributed by atoms with E-state index in [1.807, 2.05) is 6.07 Å². The van der Waals surface area contributed by atoms with Crippen LogP contribution in [-0.2, 0) is 32.6 Å². The zero-order chi connectivity index (χ0) is 25.1. The Kier molecular flexibility index (Phi) is 7.31. The number of carboxylic acid groups (broad SMARTS) is 2. The Bertz CT molecular complexity index is 1200. The van der Waals surface area contributed by atoms with Gasteiger partial charge in [-0.05, 0) is 17.7 Å². The molecule has 1 unspecified atom stereocenters. The zero-order valence-electron chi connectivity index (χ0n) is 18.4. The Hall–Kier alpha value is -3.52. The summed E-state index contributed by atoms with van der Waals surface area (Å²) in [6, 6.07) is 7.94. The summed E-state index contributed by atoms with van der Waals surface area (Å²) in [5.74, 6) is -1.88. The number of para-hydroxylation sites is 1. The first-order valence-corrected chi connectivity index (χ1v) is 12.4. The van der Waals surface area contributed by atoms with Crippen molar-refractivity contribution in [1.29, 1.82) is 0 Å². The third kappa shape index (κ3) is 5.27. The van der Waals surface area contributed by atoms with Crippen molar-refractivity contribution >= 4 is 47.3 Å². The number of carbonyl (C=O) groups is 4. The first-order chi connectivity index (χ1) is 16.8. The molecule has 0 radical (unpaired) electrons. The number of fused-ring (bicyclic) bond motifs is 1. The fraction of sp³-hybridized carbons (Fsp3) is 0.333. The molecule has 184 valence electrons. The Balaban J connectivity index is 1.39. The van der Waals surface area contributed by atoms with E-state index in [0.29, 0.717) is 22.2 Å². The Morgan fingerprint density at radius 3 is 2.66 bits per heavy atom. The van der Waals surface area contributed by atoms with Crippen molar-refractivity contribution in [3.05, 3.63) is 47.4 Å². The molecule has 0 spiro atoms. The number of β-lactam (4-membered cyclic amide) rings is 1. The smallest absolute Gasteiger partial charge is 0.352 e. The summed E-state index contributed by atoms with van der Waals surface area (Å²) in [6.45, 7) is -0.268. The van der Waals surface area contributed by atoms with Crippen LogP contribution in [0.25, 0.3) is 0 Å². The standard InChI is InChI=1S/C21H21N5O7S2/c1-25-13(7-15(28)29)23-24-21(25)35-10-11-9-34-19-16(18(30)26(19)17(11)20(31)32)22-14(27)8-33-12-5-3-2-4-6-12/h2-6,16,19H,7-10H2,1H3,(H,22,27)(H,28,29)(H,31,32)/t16?,19-/m1/s1. The van der Waals surface area contributed by atoms with Gasteiger partial charge in [0.1, 0.15) is 35.1 Å². The highest BCUT2D eigenvalue weighted by Gasteiger charge is 2.54. The molecule has 1 aromatic carbocycles. The molecule has 3 heterocycles. The van der Waals surface area contributed by atoms with Gasteiger partial charge in [0.25, 0.3) is 11.8 Å². The van der Waals surface area contributed by atoms with Gasteiger partial charge in [-0.25, -0.2) is 4.79 Å². The van der Waals surface area contributed by atoms with Crippen molar-refractivity contribution in [2.24, 2.45) is 7.05 Å². The van der Waals surface area contributed by atoms with Gasteiger partial charge in [-0.15, -0.1) is 22.0 Å². The maximum Gasteiger partial charge on any atom is 0.352 e. The highest BCUT2D eigenvalue weighted by molar-refractivity contribution is 8.01. The number of hydrogen-bond acceptors (Lipinski definition) is 9. The summed E-state index contributed by atoms with van der Waals surface area (Å²) in [4.78, 5) is 49.2. The molecule has 2 amide bonds. The van der Waals surface area contributed by atoms with E-state index in [4.69, 9.17) is 9.84 Å². The van der Waals surface area contributed by atoms with Crippen molar-refractivity contribution in [2.75, 3.05) is 18.1 Å². The minimum absolute atomic E-state index is 0.106. The number of nitrogens with zero attached hydrogens (tertiary/aromatic N) is 4. The van der Waals surface area contributed by atoms with Gasteiger partial charge in [0.05, 0.1) is 0 Å².